The number of β-lactam (4-membered cyclic amide) rings is 1. The number of methoxy groups -OCH3 is 2. The molecule has 29 heavy (non-hydrogen) atoms. The van der Waals surface area contributed by atoms with Crippen LogP contribution >= 0.6 is 0 Å². The van der Waals surface area contributed by atoms with Gasteiger partial charge in [-0.2, -0.15) is 0 Å². The molecule has 0 radical (unpaired) electrons. The van der Waals surface area contributed by atoms with E-state index in [0.717, 1.165) is 5.56 Å². The van der Waals surface area contributed by atoms with E-state index in [1.54, 1.807) is 49.5 Å². The van der Waals surface area contributed by atoms with Gasteiger partial charge in [0.15, 0.2) is 11.5 Å². The van der Waals surface area contributed by atoms with Gasteiger partial charge in [0.1, 0.15) is 17.6 Å². The minimum atomic E-state index is -0.708. The van der Waals surface area contributed by atoms with E-state index in [1.165, 1.54) is 12.1 Å². The highest BCUT2D eigenvalue weighted by Crippen LogP contribution is 2.43. The Morgan fingerprint density at radius 3 is 2.21 bits per heavy atom. The van der Waals surface area contributed by atoms with Gasteiger partial charge >= 0.3 is 0 Å². The maximum Gasteiger partial charge on any atom is 0.271 e. The monoisotopic (exact) mass is 393 g/mol. The summed E-state index contributed by atoms with van der Waals surface area (Å²) in [5, 5.41) is 0. The summed E-state index contributed by atoms with van der Waals surface area (Å²) in [5.41, 5.74) is 1.43. The van der Waals surface area contributed by atoms with E-state index in [9.17, 15) is 9.18 Å². The van der Waals surface area contributed by atoms with Crippen LogP contribution in [-0.4, -0.2) is 26.2 Å². The van der Waals surface area contributed by atoms with Gasteiger partial charge in [0.05, 0.1) is 14.2 Å². The van der Waals surface area contributed by atoms with Crippen molar-refractivity contribution in [2.75, 3.05) is 19.1 Å². The normalized spacial score (nSPS) is 18.2. The van der Waals surface area contributed by atoms with Crippen molar-refractivity contribution in [2.24, 2.45) is 0 Å². The quantitative estimate of drug-likeness (QED) is 0.583. The van der Waals surface area contributed by atoms with Gasteiger partial charge in [-0.3, -0.25) is 9.69 Å². The number of ether oxygens (including phenoxy) is 3. The second kappa shape index (κ2) is 7.83. The topological polar surface area (TPSA) is 48.0 Å². The molecule has 148 valence electrons. The fourth-order valence-corrected chi connectivity index (χ4v) is 3.47. The Labute approximate surface area is 168 Å². The summed E-state index contributed by atoms with van der Waals surface area (Å²) in [6.45, 7) is 0. The van der Waals surface area contributed by atoms with Crippen molar-refractivity contribution in [3.8, 4) is 17.2 Å². The average molecular weight is 393 g/mol. The van der Waals surface area contributed by atoms with Crippen LogP contribution in [-0.2, 0) is 4.79 Å². The zero-order chi connectivity index (χ0) is 20.4. The van der Waals surface area contributed by atoms with Gasteiger partial charge < -0.3 is 14.2 Å². The molecule has 5 nitrogen and oxygen atoms in total. The Bertz CT molecular complexity index is 1010. The lowest BCUT2D eigenvalue weighted by Gasteiger charge is -2.46. The highest BCUT2D eigenvalue weighted by Gasteiger charge is 2.51. The van der Waals surface area contributed by atoms with E-state index in [1.807, 2.05) is 30.3 Å². The summed E-state index contributed by atoms with van der Waals surface area (Å²) in [6, 6.07) is 20.1. The Morgan fingerprint density at radius 1 is 0.862 bits per heavy atom. The van der Waals surface area contributed by atoms with Crippen LogP contribution in [0.2, 0.25) is 0 Å². The molecule has 0 unspecified atom stereocenters. The van der Waals surface area contributed by atoms with Gasteiger partial charge in [-0.1, -0.05) is 24.3 Å². The molecule has 1 aliphatic heterocycles. The van der Waals surface area contributed by atoms with Crippen LogP contribution in [0.5, 0.6) is 17.2 Å². The maximum atomic E-state index is 13.4. The lowest BCUT2D eigenvalue weighted by atomic mass is 9.89. The summed E-state index contributed by atoms with van der Waals surface area (Å²) in [4.78, 5) is 14.6. The summed E-state index contributed by atoms with van der Waals surface area (Å²) < 4.78 is 30.1. The second-order valence-electron chi connectivity index (χ2n) is 6.60. The van der Waals surface area contributed by atoms with Crippen molar-refractivity contribution >= 4 is 11.6 Å². The molecule has 6 heteroatoms. The molecule has 2 atom stereocenters. The molecular formula is C23H20FNO4. The summed E-state index contributed by atoms with van der Waals surface area (Å²) in [6.07, 6.45) is -0.708. The van der Waals surface area contributed by atoms with Crippen LogP contribution in [0.25, 0.3) is 0 Å². The first-order valence-corrected chi connectivity index (χ1v) is 9.14. The van der Waals surface area contributed by atoms with Crippen LogP contribution in [0, 0.1) is 5.82 Å². The number of amides is 1. The smallest absolute Gasteiger partial charge is 0.271 e. The zero-order valence-electron chi connectivity index (χ0n) is 16.0. The van der Waals surface area contributed by atoms with Crippen molar-refractivity contribution in [1.29, 1.82) is 0 Å². The lowest BCUT2D eigenvalue weighted by molar-refractivity contribution is -0.135. The third-order valence-electron chi connectivity index (χ3n) is 4.91. The molecule has 3 aromatic rings. The number of benzene rings is 3. The van der Waals surface area contributed by atoms with Gasteiger partial charge in [0, 0.05) is 5.69 Å². The number of rotatable bonds is 6. The number of anilines is 1. The molecule has 0 saturated carbocycles. The Balaban J connectivity index is 1.72. The number of hydrogen-bond donors (Lipinski definition) is 0. The molecule has 3 aromatic carbocycles. The van der Waals surface area contributed by atoms with Crippen LogP contribution < -0.4 is 19.1 Å². The number of hydrogen-bond acceptors (Lipinski definition) is 4. The van der Waals surface area contributed by atoms with E-state index in [0.29, 0.717) is 22.9 Å². The molecule has 0 aliphatic carbocycles. The first-order valence-electron chi connectivity index (χ1n) is 9.14. The van der Waals surface area contributed by atoms with Crippen LogP contribution in [0.1, 0.15) is 11.6 Å². The van der Waals surface area contributed by atoms with Crippen LogP contribution in [0.3, 0.4) is 0 Å². The third kappa shape index (κ3) is 3.49. The number of carbonyl (C=O) groups is 1. The summed E-state index contributed by atoms with van der Waals surface area (Å²) >= 11 is 0. The molecule has 1 saturated heterocycles. The van der Waals surface area contributed by atoms with E-state index in [2.05, 4.69) is 0 Å². The van der Waals surface area contributed by atoms with E-state index in [4.69, 9.17) is 14.2 Å². The van der Waals surface area contributed by atoms with Gasteiger partial charge in [-0.05, 0) is 54.1 Å². The predicted octanol–water partition coefficient (Wildman–Crippen LogP) is 4.38. The third-order valence-corrected chi connectivity index (χ3v) is 4.91. The fraction of sp³-hybridized carbons (Fsp3) is 0.174. The molecule has 0 N–H and O–H groups in total. The molecule has 1 aliphatic rings. The molecule has 0 aromatic heterocycles. The summed E-state index contributed by atoms with van der Waals surface area (Å²) in [5.74, 6) is 1.20. The van der Waals surface area contributed by atoms with Gasteiger partial charge in [0.2, 0.25) is 6.10 Å². The molecule has 0 spiro atoms. The SMILES string of the molecule is COc1ccc([C@H]2[C@@H](Oc3ccccc3)C(=O)N2c2ccc(F)cc2)cc1OC. The van der Waals surface area contributed by atoms with Crippen molar-refractivity contribution in [2.45, 2.75) is 12.1 Å². The Morgan fingerprint density at radius 2 is 1.55 bits per heavy atom. The minimum absolute atomic E-state index is 0.194. The minimum Gasteiger partial charge on any atom is -0.493 e. The standard InChI is InChI=1S/C23H20FNO4/c1-27-19-13-8-15(14-20(19)28-2)21-22(29-18-6-4-3-5-7-18)23(26)25(21)17-11-9-16(24)10-12-17/h3-14,21-22H,1-2H3/t21-,22+/m0/s1. The van der Waals surface area contributed by atoms with E-state index < -0.39 is 12.1 Å². The highest BCUT2D eigenvalue weighted by atomic mass is 19.1. The van der Waals surface area contributed by atoms with E-state index >= 15 is 0 Å². The summed E-state index contributed by atoms with van der Waals surface area (Å²) in [7, 11) is 3.12. The van der Waals surface area contributed by atoms with Gasteiger partial charge in [-0.25, -0.2) is 4.39 Å². The average Bonchev–Trinajstić information content (AvgIpc) is 2.77. The predicted molar refractivity (Wildman–Crippen MR) is 107 cm³/mol. The molecule has 1 amide bonds. The maximum absolute atomic E-state index is 13.4. The van der Waals surface area contributed by atoms with Crippen molar-refractivity contribution in [3.05, 3.63) is 84.2 Å². The highest BCUT2D eigenvalue weighted by molar-refractivity contribution is 6.05. The lowest BCUT2D eigenvalue weighted by Crippen LogP contribution is -2.61. The van der Waals surface area contributed by atoms with Crippen LogP contribution in [0.4, 0.5) is 10.1 Å². The van der Waals surface area contributed by atoms with Gasteiger partial charge in [0.25, 0.3) is 5.91 Å². The molecular weight excluding hydrogens is 373 g/mol. The van der Waals surface area contributed by atoms with Crippen LogP contribution in [0.15, 0.2) is 72.8 Å². The number of para-hydroxylation sites is 1. The molecule has 1 fully saturated rings. The fourth-order valence-electron chi connectivity index (χ4n) is 3.47. The molecule has 1 heterocycles. The largest absolute Gasteiger partial charge is 0.493 e. The Hall–Kier alpha value is -3.54. The molecule has 4 rings (SSSR count). The van der Waals surface area contributed by atoms with E-state index in [-0.39, 0.29) is 11.7 Å². The number of nitrogens with zero attached hydrogens (tertiary/aromatic N) is 1. The first-order chi connectivity index (χ1) is 14.1. The number of carbonyl (C=O) groups excluding carboxylic acids is 1. The van der Waals surface area contributed by atoms with Gasteiger partial charge in [-0.15, -0.1) is 0 Å². The van der Waals surface area contributed by atoms with Crippen molar-refractivity contribution in [3.63, 3.8) is 0 Å². The van der Waals surface area contributed by atoms with Crippen molar-refractivity contribution in [1.82, 2.24) is 0 Å². The second-order valence-corrected chi connectivity index (χ2v) is 6.60. The molecule has 0 bridgehead atoms. The first kappa shape index (κ1) is 18.8. The zero-order valence-corrected chi connectivity index (χ0v) is 16.0. The van der Waals surface area contributed by atoms with Crippen molar-refractivity contribution < 1.29 is 23.4 Å². The Kier molecular flexibility index (Phi) is 5.08. The number of halogens is 1.